The molecule has 0 spiro atoms. The molecular weight excluding hydrogens is 394 g/mol. The van der Waals surface area contributed by atoms with Gasteiger partial charge in [0.1, 0.15) is 0 Å². The van der Waals surface area contributed by atoms with Crippen molar-refractivity contribution in [3.8, 4) is 0 Å². The molecule has 1 N–H and O–H groups in total. The van der Waals surface area contributed by atoms with Gasteiger partial charge in [0.2, 0.25) is 11.8 Å². The number of carbonyl (C=O) groups is 3. The van der Waals surface area contributed by atoms with Crippen LogP contribution in [-0.2, 0) is 19.4 Å². The highest BCUT2D eigenvalue weighted by molar-refractivity contribution is 7.91. The summed E-state index contributed by atoms with van der Waals surface area (Å²) < 4.78 is 23.3. The van der Waals surface area contributed by atoms with E-state index in [1.165, 1.54) is 0 Å². The van der Waals surface area contributed by atoms with Crippen LogP contribution in [0.3, 0.4) is 0 Å². The van der Waals surface area contributed by atoms with Gasteiger partial charge in [-0.25, -0.2) is 8.42 Å². The third kappa shape index (κ3) is 4.77. The number of nitrogens with one attached hydrogen (secondary N) is 1. The number of likely N-dealkylation sites (tertiary alicyclic amines) is 1. The number of hydrogen-bond acceptors (Lipinski definition) is 5. The van der Waals surface area contributed by atoms with Crippen molar-refractivity contribution in [1.29, 1.82) is 0 Å². The van der Waals surface area contributed by atoms with E-state index in [-0.39, 0.29) is 48.2 Å². The fraction of sp³-hybridized carbons (Fsp3) is 0.550. The van der Waals surface area contributed by atoms with E-state index in [0.717, 1.165) is 0 Å². The van der Waals surface area contributed by atoms with Crippen molar-refractivity contribution in [2.75, 3.05) is 36.5 Å². The lowest BCUT2D eigenvalue weighted by Gasteiger charge is -2.23. The Kier molecular flexibility index (Phi) is 6.26. The second-order valence-corrected chi connectivity index (χ2v) is 9.78. The van der Waals surface area contributed by atoms with Crippen LogP contribution in [0.1, 0.15) is 37.0 Å². The van der Waals surface area contributed by atoms with Gasteiger partial charge < -0.3 is 15.1 Å². The molecule has 2 aliphatic rings. The third-order valence-corrected chi connectivity index (χ3v) is 7.38. The molecule has 0 unspecified atom stereocenters. The van der Waals surface area contributed by atoms with Crippen molar-refractivity contribution in [3.63, 3.8) is 0 Å². The predicted molar refractivity (Wildman–Crippen MR) is 109 cm³/mol. The molecule has 29 heavy (non-hydrogen) atoms. The summed E-state index contributed by atoms with van der Waals surface area (Å²) in [5, 5.41) is 2.79. The van der Waals surface area contributed by atoms with Gasteiger partial charge in [0.05, 0.1) is 17.4 Å². The largest absolute Gasteiger partial charge is 0.339 e. The molecule has 0 saturated carbocycles. The lowest BCUT2D eigenvalue weighted by atomic mass is 10.1. The van der Waals surface area contributed by atoms with Crippen LogP contribution in [0.5, 0.6) is 0 Å². The predicted octanol–water partition coefficient (Wildman–Crippen LogP) is 1.14. The minimum atomic E-state index is -3.09. The molecule has 3 rings (SSSR count). The maximum atomic E-state index is 12.6. The van der Waals surface area contributed by atoms with Crippen LogP contribution in [0.4, 0.5) is 5.69 Å². The topological polar surface area (TPSA) is 104 Å². The summed E-state index contributed by atoms with van der Waals surface area (Å²) in [5.41, 5.74) is 1.11. The number of nitrogens with zero attached hydrogens (tertiary/aromatic N) is 2. The molecule has 0 aliphatic carbocycles. The number of amides is 3. The van der Waals surface area contributed by atoms with Crippen molar-refractivity contribution in [3.05, 3.63) is 29.8 Å². The van der Waals surface area contributed by atoms with Crippen molar-refractivity contribution >= 4 is 33.2 Å². The SMILES string of the molecule is CCN(CC)C(=O)c1ccc(NC(=O)[C@@H]2CC(=O)N([C@@H]3CCS(=O)(=O)C3)C2)cc1. The quantitative estimate of drug-likeness (QED) is 0.742. The zero-order valence-electron chi connectivity index (χ0n) is 16.8. The van der Waals surface area contributed by atoms with Gasteiger partial charge >= 0.3 is 0 Å². The Morgan fingerprint density at radius 3 is 2.38 bits per heavy atom. The average molecular weight is 422 g/mol. The molecule has 2 atom stereocenters. The van der Waals surface area contributed by atoms with Crippen LogP contribution in [0.15, 0.2) is 24.3 Å². The Hall–Kier alpha value is -2.42. The van der Waals surface area contributed by atoms with Crippen LogP contribution in [0, 0.1) is 5.92 Å². The van der Waals surface area contributed by atoms with Crippen molar-refractivity contribution in [2.24, 2.45) is 5.92 Å². The number of rotatable bonds is 6. The maximum absolute atomic E-state index is 12.6. The molecular formula is C20H27N3O5S. The summed E-state index contributed by atoms with van der Waals surface area (Å²) in [5.74, 6) is -0.942. The summed E-state index contributed by atoms with van der Waals surface area (Å²) in [7, 11) is -3.09. The Labute approximate surface area is 171 Å². The molecule has 158 valence electrons. The molecule has 2 aliphatic heterocycles. The Balaban J connectivity index is 1.59. The van der Waals surface area contributed by atoms with Crippen molar-refractivity contribution in [2.45, 2.75) is 32.7 Å². The van der Waals surface area contributed by atoms with Gasteiger partial charge in [-0.3, -0.25) is 14.4 Å². The van der Waals surface area contributed by atoms with E-state index >= 15 is 0 Å². The molecule has 8 nitrogen and oxygen atoms in total. The fourth-order valence-electron chi connectivity index (χ4n) is 3.92. The number of hydrogen-bond donors (Lipinski definition) is 1. The molecule has 0 aromatic heterocycles. The average Bonchev–Trinajstić information content (AvgIpc) is 3.25. The van der Waals surface area contributed by atoms with E-state index in [4.69, 9.17) is 0 Å². The molecule has 2 saturated heterocycles. The molecule has 2 heterocycles. The second kappa shape index (κ2) is 8.52. The highest BCUT2D eigenvalue weighted by Gasteiger charge is 2.41. The fourth-order valence-corrected chi connectivity index (χ4v) is 5.65. The van der Waals surface area contributed by atoms with Gasteiger partial charge in [0.25, 0.3) is 5.91 Å². The number of carbonyl (C=O) groups excluding carboxylic acids is 3. The van der Waals surface area contributed by atoms with Gasteiger partial charge in [-0.1, -0.05) is 0 Å². The maximum Gasteiger partial charge on any atom is 0.253 e. The molecule has 0 radical (unpaired) electrons. The van der Waals surface area contributed by atoms with Crippen molar-refractivity contribution in [1.82, 2.24) is 9.80 Å². The zero-order valence-corrected chi connectivity index (χ0v) is 17.6. The third-order valence-electron chi connectivity index (χ3n) is 5.63. The summed E-state index contributed by atoms with van der Waals surface area (Å²) in [6.45, 7) is 5.33. The molecule has 9 heteroatoms. The minimum absolute atomic E-state index is 0.0187. The molecule has 0 bridgehead atoms. The van der Waals surface area contributed by atoms with E-state index in [2.05, 4.69) is 5.32 Å². The monoisotopic (exact) mass is 421 g/mol. The van der Waals surface area contributed by atoms with E-state index in [9.17, 15) is 22.8 Å². The lowest BCUT2D eigenvalue weighted by Crippen LogP contribution is -2.38. The van der Waals surface area contributed by atoms with Gasteiger partial charge in [-0.15, -0.1) is 0 Å². The number of sulfone groups is 1. The summed E-state index contributed by atoms with van der Waals surface area (Å²) in [6, 6.07) is 6.37. The van der Waals surface area contributed by atoms with E-state index < -0.39 is 15.8 Å². The highest BCUT2D eigenvalue weighted by atomic mass is 32.2. The van der Waals surface area contributed by atoms with Gasteiger partial charge in [0.15, 0.2) is 9.84 Å². The lowest BCUT2D eigenvalue weighted by molar-refractivity contribution is -0.129. The molecule has 1 aromatic carbocycles. The molecule has 1 aromatic rings. The van der Waals surface area contributed by atoms with Crippen LogP contribution in [0.2, 0.25) is 0 Å². The van der Waals surface area contributed by atoms with E-state index in [1.54, 1.807) is 34.1 Å². The zero-order chi connectivity index (χ0) is 21.2. The summed E-state index contributed by atoms with van der Waals surface area (Å²) in [6.07, 6.45) is 0.519. The van der Waals surface area contributed by atoms with Gasteiger partial charge in [0, 0.05) is 43.3 Å². The molecule has 2 fully saturated rings. The Morgan fingerprint density at radius 1 is 1.17 bits per heavy atom. The summed E-state index contributed by atoms with van der Waals surface area (Å²) in [4.78, 5) is 40.5. The number of benzene rings is 1. The minimum Gasteiger partial charge on any atom is -0.339 e. The first-order chi connectivity index (χ1) is 13.7. The van der Waals surface area contributed by atoms with Crippen LogP contribution >= 0.6 is 0 Å². The van der Waals surface area contributed by atoms with Gasteiger partial charge in [-0.05, 0) is 44.5 Å². The Morgan fingerprint density at radius 2 is 1.83 bits per heavy atom. The smallest absolute Gasteiger partial charge is 0.253 e. The van der Waals surface area contributed by atoms with Gasteiger partial charge in [-0.2, -0.15) is 0 Å². The second-order valence-electron chi connectivity index (χ2n) is 7.55. The van der Waals surface area contributed by atoms with E-state index in [0.29, 0.717) is 30.8 Å². The van der Waals surface area contributed by atoms with Crippen LogP contribution in [0.25, 0.3) is 0 Å². The normalized spacial score (nSPS) is 23.2. The van der Waals surface area contributed by atoms with Crippen LogP contribution < -0.4 is 5.32 Å². The van der Waals surface area contributed by atoms with Crippen molar-refractivity contribution < 1.29 is 22.8 Å². The van der Waals surface area contributed by atoms with Crippen LogP contribution in [-0.4, -0.2) is 73.1 Å². The highest BCUT2D eigenvalue weighted by Crippen LogP contribution is 2.27. The first-order valence-electron chi connectivity index (χ1n) is 9.94. The number of anilines is 1. The van der Waals surface area contributed by atoms with E-state index in [1.807, 2.05) is 13.8 Å². The first kappa shape index (κ1) is 21.3. The Bertz CT molecular complexity index is 893. The first-order valence-corrected chi connectivity index (χ1v) is 11.8. The molecule has 3 amide bonds. The standard InChI is InChI=1S/C20H27N3O5S/c1-3-22(4-2)20(26)14-5-7-16(8-6-14)21-19(25)15-11-18(24)23(12-15)17-9-10-29(27,28)13-17/h5-8,15,17H,3-4,9-13H2,1-2H3,(H,21,25)/t15-,17-/m1/s1. The summed E-state index contributed by atoms with van der Waals surface area (Å²) >= 11 is 0.